The van der Waals surface area contributed by atoms with E-state index in [1.54, 1.807) is 0 Å². The third-order valence-electron chi connectivity index (χ3n) is 3.96. The third-order valence-corrected chi connectivity index (χ3v) is 3.96. The highest BCUT2D eigenvalue weighted by Crippen LogP contribution is 2.47. The molecule has 0 saturated carbocycles. The second-order valence-electron chi connectivity index (χ2n) is 6.08. The highest BCUT2D eigenvalue weighted by Gasteiger charge is 2.43. The monoisotopic (exact) mass is 488 g/mol. The van der Waals surface area contributed by atoms with E-state index in [0.29, 0.717) is 0 Å². The van der Waals surface area contributed by atoms with Gasteiger partial charge in [-0.05, 0) is 12.1 Å². The molecule has 176 valence electrons. The maximum absolute atomic E-state index is 13.4. The molecule has 0 amide bonds. The third kappa shape index (κ3) is 5.22. The van der Waals surface area contributed by atoms with Crippen molar-refractivity contribution in [1.82, 2.24) is 0 Å². The van der Waals surface area contributed by atoms with Crippen molar-refractivity contribution in [3.63, 3.8) is 0 Å². The van der Waals surface area contributed by atoms with E-state index in [1.165, 1.54) is 5.32 Å². The molecule has 0 saturated heterocycles. The van der Waals surface area contributed by atoms with Gasteiger partial charge in [0.25, 0.3) is 11.4 Å². The molecule has 0 fully saturated rings. The number of halogens is 9. The Morgan fingerprint density at radius 3 is 1.67 bits per heavy atom. The Bertz CT molecular complexity index is 1180. The van der Waals surface area contributed by atoms with Crippen LogP contribution in [0.1, 0.15) is 22.3 Å². The Kier molecular flexibility index (Phi) is 6.18. The molecule has 33 heavy (non-hydrogen) atoms. The van der Waals surface area contributed by atoms with Gasteiger partial charge in [0.1, 0.15) is 5.69 Å². The number of benzene rings is 2. The molecular formula is C16H5F9N4O4. The predicted octanol–water partition coefficient (Wildman–Crippen LogP) is 6.17. The van der Waals surface area contributed by atoms with Crippen LogP contribution in [0.25, 0.3) is 0 Å². The molecular weight excluding hydrogens is 483 g/mol. The molecule has 0 bridgehead atoms. The topological polar surface area (TPSA) is 122 Å². The Hall–Kier alpha value is -4.10. The molecule has 2 aromatic rings. The number of nitro groups is 2. The SMILES string of the molecule is N#Cc1cc(C(F)(F)F)c(Nc2c([N+](=O)[O-])cc([N+](=O)[O-])cc2C(F)(F)F)cc1C(F)(F)F. The Balaban J connectivity index is 2.96. The molecule has 1 N–H and O–H groups in total. The number of alkyl halides is 9. The highest BCUT2D eigenvalue weighted by molar-refractivity contribution is 5.78. The van der Waals surface area contributed by atoms with Crippen LogP contribution in [0.5, 0.6) is 0 Å². The van der Waals surface area contributed by atoms with Crippen molar-refractivity contribution in [3.05, 3.63) is 66.7 Å². The summed E-state index contributed by atoms with van der Waals surface area (Å²) >= 11 is 0. The molecule has 0 aliphatic heterocycles. The number of hydrogen-bond acceptors (Lipinski definition) is 6. The van der Waals surface area contributed by atoms with E-state index >= 15 is 0 Å². The van der Waals surface area contributed by atoms with E-state index in [-0.39, 0.29) is 24.3 Å². The molecule has 0 aliphatic rings. The lowest BCUT2D eigenvalue weighted by molar-refractivity contribution is -0.394. The van der Waals surface area contributed by atoms with Crippen LogP contribution in [0.2, 0.25) is 0 Å². The summed E-state index contributed by atoms with van der Waals surface area (Å²) in [6.45, 7) is 0. The largest absolute Gasteiger partial charge is 0.418 e. The quantitative estimate of drug-likeness (QED) is 0.312. The normalized spacial score (nSPS) is 12.2. The van der Waals surface area contributed by atoms with Gasteiger partial charge in [0.05, 0.1) is 49.9 Å². The first-order chi connectivity index (χ1) is 14.9. The number of anilines is 2. The van der Waals surface area contributed by atoms with E-state index < -0.39 is 73.4 Å². The van der Waals surface area contributed by atoms with Gasteiger partial charge in [-0.3, -0.25) is 20.2 Å². The molecule has 0 spiro atoms. The Morgan fingerprint density at radius 1 is 0.758 bits per heavy atom. The van der Waals surface area contributed by atoms with E-state index in [2.05, 4.69) is 0 Å². The standard InChI is InChI=1S/C16H5F9N4O4/c17-14(18,19)8-4-11(9(15(20,21)22)1-6(8)5-26)27-13-10(16(23,24)25)2-7(28(30)31)3-12(13)29(32)33/h1-4,27H. The fraction of sp³-hybridized carbons (Fsp3) is 0.188. The van der Waals surface area contributed by atoms with Gasteiger partial charge in [-0.2, -0.15) is 44.8 Å². The Labute approximate surface area is 175 Å². The molecule has 17 heteroatoms. The van der Waals surface area contributed by atoms with Gasteiger partial charge in [0.2, 0.25) is 0 Å². The van der Waals surface area contributed by atoms with Crippen molar-refractivity contribution in [2.24, 2.45) is 0 Å². The number of nitriles is 1. The molecule has 2 aromatic carbocycles. The van der Waals surface area contributed by atoms with E-state index in [1.807, 2.05) is 0 Å². The Morgan fingerprint density at radius 2 is 1.27 bits per heavy atom. The van der Waals surface area contributed by atoms with Gasteiger partial charge in [-0.25, -0.2) is 0 Å². The van der Waals surface area contributed by atoms with Crippen molar-refractivity contribution in [3.8, 4) is 6.07 Å². The lowest BCUT2D eigenvalue weighted by Crippen LogP contribution is -2.16. The van der Waals surface area contributed by atoms with Crippen molar-refractivity contribution in [1.29, 1.82) is 5.26 Å². The average Bonchev–Trinajstić information content (AvgIpc) is 2.64. The van der Waals surface area contributed by atoms with Crippen LogP contribution < -0.4 is 5.32 Å². The fourth-order valence-electron chi connectivity index (χ4n) is 2.62. The summed E-state index contributed by atoms with van der Waals surface area (Å²) in [6.07, 6.45) is -16.6. The lowest BCUT2D eigenvalue weighted by Gasteiger charge is -2.20. The van der Waals surface area contributed by atoms with Gasteiger partial charge in [-0.15, -0.1) is 0 Å². The number of non-ortho nitro benzene ring substituents is 1. The summed E-state index contributed by atoms with van der Waals surface area (Å²) in [5.74, 6) is 0. The zero-order valence-electron chi connectivity index (χ0n) is 15.2. The summed E-state index contributed by atoms with van der Waals surface area (Å²) in [5.41, 5.74) is -14.4. The van der Waals surface area contributed by atoms with Crippen LogP contribution in [0.3, 0.4) is 0 Å². The van der Waals surface area contributed by atoms with Gasteiger partial charge in [0.15, 0.2) is 0 Å². The first-order valence-corrected chi connectivity index (χ1v) is 7.91. The van der Waals surface area contributed by atoms with Crippen molar-refractivity contribution >= 4 is 22.7 Å². The number of hydrogen-bond donors (Lipinski definition) is 1. The minimum absolute atomic E-state index is 0.0147. The summed E-state index contributed by atoms with van der Waals surface area (Å²) in [4.78, 5) is 19.0. The predicted molar refractivity (Wildman–Crippen MR) is 89.2 cm³/mol. The molecule has 0 aliphatic carbocycles. The molecule has 8 nitrogen and oxygen atoms in total. The van der Waals surface area contributed by atoms with E-state index in [4.69, 9.17) is 5.26 Å². The van der Waals surface area contributed by atoms with Crippen molar-refractivity contribution in [2.45, 2.75) is 18.5 Å². The van der Waals surface area contributed by atoms with Crippen LogP contribution in [-0.2, 0) is 18.5 Å². The second-order valence-corrected chi connectivity index (χ2v) is 6.08. The van der Waals surface area contributed by atoms with Gasteiger partial charge >= 0.3 is 18.5 Å². The van der Waals surface area contributed by atoms with Crippen LogP contribution in [0, 0.1) is 31.6 Å². The van der Waals surface area contributed by atoms with Crippen LogP contribution in [0.15, 0.2) is 24.3 Å². The minimum atomic E-state index is -5.61. The van der Waals surface area contributed by atoms with Gasteiger partial charge < -0.3 is 5.32 Å². The number of nitrogens with one attached hydrogen (secondary N) is 1. The van der Waals surface area contributed by atoms with E-state index in [0.717, 1.165) is 6.07 Å². The molecule has 2 rings (SSSR count). The first-order valence-electron chi connectivity index (χ1n) is 7.91. The van der Waals surface area contributed by atoms with Gasteiger partial charge in [0, 0.05) is 6.07 Å². The second kappa shape index (κ2) is 8.11. The maximum Gasteiger partial charge on any atom is 0.418 e. The smallest absolute Gasteiger partial charge is 0.349 e. The molecule has 0 unspecified atom stereocenters. The minimum Gasteiger partial charge on any atom is -0.349 e. The fourth-order valence-corrected chi connectivity index (χ4v) is 2.62. The molecule has 0 aromatic heterocycles. The van der Waals surface area contributed by atoms with E-state index in [9.17, 15) is 59.7 Å². The zero-order valence-corrected chi connectivity index (χ0v) is 15.2. The van der Waals surface area contributed by atoms with Crippen molar-refractivity contribution in [2.75, 3.05) is 5.32 Å². The summed E-state index contributed by atoms with van der Waals surface area (Å²) in [7, 11) is 0. The van der Waals surface area contributed by atoms with Crippen LogP contribution in [0.4, 0.5) is 62.3 Å². The molecule has 0 radical (unpaired) electrons. The van der Waals surface area contributed by atoms with Crippen LogP contribution in [-0.4, -0.2) is 9.85 Å². The highest BCUT2D eigenvalue weighted by atomic mass is 19.4. The van der Waals surface area contributed by atoms with Gasteiger partial charge in [-0.1, -0.05) is 0 Å². The molecule has 0 heterocycles. The zero-order chi connectivity index (χ0) is 25.5. The van der Waals surface area contributed by atoms with Crippen LogP contribution >= 0.6 is 0 Å². The lowest BCUT2D eigenvalue weighted by atomic mass is 10.0. The van der Waals surface area contributed by atoms with Crippen molar-refractivity contribution < 1.29 is 49.4 Å². The average molecular weight is 488 g/mol. The number of nitro benzene ring substituents is 2. The first kappa shape index (κ1) is 25.2. The summed E-state index contributed by atoms with van der Waals surface area (Å²) in [6, 6.07) is -0.0106. The number of nitrogens with zero attached hydrogens (tertiary/aromatic N) is 3. The summed E-state index contributed by atoms with van der Waals surface area (Å²) < 4.78 is 120. The number of rotatable bonds is 4. The summed E-state index contributed by atoms with van der Waals surface area (Å²) in [5, 5.41) is 32.1. The molecule has 0 atom stereocenters. The maximum atomic E-state index is 13.4.